The molecule has 142 valence electrons. The first kappa shape index (κ1) is 19.4. The van der Waals surface area contributed by atoms with Crippen LogP contribution in [0.2, 0.25) is 0 Å². The highest BCUT2D eigenvalue weighted by Crippen LogP contribution is 2.35. The number of hydrogen-bond acceptors (Lipinski definition) is 6. The van der Waals surface area contributed by atoms with Crippen molar-refractivity contribution in [2.45, 2.75) is 24.1 Å². The van der Waals surface area contributed by atoms with Crippen LogP contribution in [-0.4, -0.2) is 21.3 Å². The largest absolute Gasteiger partial charge is 0.418 e. The Balaban J connectivity index is 1.59. The molecule has 0 spiro atoms. The number of anilines is 1. The van der Waals surface area contributed by atoms with Gasteiger partial charge in [-0.25, -0.2) is 0 Å². The van der Waals surface area contributed by atoms with E-state index in [1.54, 1.807) is 6.92 Å². The van der Waals surface area contributed by atoms with Crippen LogP contribution in [0.5, 0.6) is 0 Å². The lowest BCUT2D eigenvalue weighted by molar-refractivity contribution is -0.137. The highest BCUT2D eigenvalue weighted by Gasteiger charge is 2.33. The first-order valence-electron chi connectivity index (χ1n) is 7.80. The highest BCUT2D eigenvalue weighted by molar-refractivity contribution is 7.99. The standard InChI is InChI=1S/C17H14F3N3O2S2/c1-10(16(24)21-12-6-3-2-5-11(12)17(18,19)20)27-9-14-22-15(23-25-14)13-7-4-8-26-13/h2-8,10H,9H2,1H3,(H,21,24). The van der Waals surface area contributed by atoms with Crippen molar-refractivity contribution in [3.63, 3.8) is 0 Å². The summed E-state index contributed by atoms with van der Waals surface area (Å²) < 4.78 is 44.2. The van der Waals surface area contributed by atoms with Crippen molar-refractivity contribution in [3.05, 3.63) is 53.2 Å². The van der Waals surface area contributed by atoms with E-state index in [2.05, 4.69) is 15.5 Å². The molecule has 0 saturated carbocycles. The van der Waals surface area contributed by atoms with E-state index in [0.29, 0.717) is 11.7 Å². The van der Waals surface area contributed by atoms with E-state index in [1.807, 2.05) is 17.5 Å². The quantitative estimate of drug-likeness (QED) is 0.611. The van der Waals surface area contributed by atoms with Gasteiger partial charge < -0.3 is 9.84 Å². The van der Waals surface area contributed by atoms with Crippen LogP contribution in [0.15, 0.2) is 46.3 Å². The van der Waals surface area contributed by atoms with Gasteiger partial charge in [0.25, 0.3) is 0 Å². The molecule has 3 rings (SSSR count). The number of para-hydroxylation sites is 1. The van der Waals surface area contributed by atoms with E-state index in [1.165, 1.54) is 41.3 Å². The van der Waals surface area contributed by atoms with Gasteiger partial charge in [0.2, 0.25) is 17.6 Å². The molecule has 1 unspecified atom stereocenters. The maximum absolute atomic E-state index is 13.0. The average Bonchev–Trinajstić information content (AvgIpc) is 3.30. The number of amides is 1. The maximum atomic E-state index is 13.0. The van der Waals surface area contributed by atoms with Gasteiger partial charge in [-0.1, -0.05) is 23.4 Å². The van der Waals surface area contributed by atoms with Gasteiger partial charge in [-0.05, 0) is 30.5 Å². The van der Waals surface area contributed by atoms with Crippen LogP contribution in [-0.2, 0) is 16.7 Å². The predicted molar refractivity (Wildman–Crippen MR) is 98.4 cm³/mol. The maximum Gasteiger partial charge on any atom is 0.418 e. The Morgan fingerprint density at radius 3 is 2.78 bits per heavy atom. The van der Waals surface area contributed by atoms with Crippen molar-refractivity contribution in [3.8, 4) is 10.7 Å². The van der Waals surface area contributed by atoms with Crippen molar-refractivity contribution in [1.29, 1.82) is 0 Å². The van der Waals surface area contributed by atoms with Gasteiger partial charge in [0.1, 0.15) is 0 Å². The number of halogens is 3. The summed E-state index contributed by atoms with van der Waals surface area (Å²) in [5.74, 6) is 0.554. The van der Waals surface area contributed by atoms with Crippen molar-refractivity contribution < 1.29 is 22.5 Å². The Hall–Kier alpha value is -2.33. The summed E-state index contributed by atoms with van der Waals surface area (Å²) in [5, 5.41) is 7.50. The number of nitrogens with one attached hydrogen (secondary N) is 1. The first-order chi connectivity index (χ1) is 12.8. The third-order valence-electron chi connectivity index (χ3n) is 3.53. The second-order valence-corrected chi connectivity index (χ2v) is 7.75. The van der Waals surface area contributed by atoms with Crippen LogP contribution in [0.4, 0.5) is 18.9 Å². The summed E-state index contributed by atoms with van der Waals surface area (Å²) in [4.78, 5) is 17.4. The van der Waals surface area contributed by atoms with Crippen LogP contribution in [0.3, 0.4) is 0 Å². The van der Waals surface area contributed by atoms with Crippen molar-refractivity contribution in [2.24, 2.45) is 0 Å². The number of nitrogens with zero attached hydrogens (tertiary/aromatic N) is 2. The molecule has 1 amide bonds. The number of carbonyl (C=O) groups excluding carboxylic acids is 1. The van der Waals surface area contributed by atoms with E-state index in [4.69, 9.17) is 4.52 Å². The number of hydrogen-bond donors (Lipinski definition) is 1. The zero-order valence-corrected chi connectivity index (χ0v) is 15.6. The Morgan fingerprint density at radius 1 is 1.30 bits per heavy atom. The summed E-state index contributed by atoms with van der Waals surface area (Å²) in [6.07, 6.45) is -4.54. The zero-order valence-electron chi connectivity index (χ0n) is 14.0. The fourth-order valence-corrected chi connectivity index (χ4v) is 3.53. The molecular weight excluding hydrogens is 399 g/mol. The molecule has 0 radical (unpaired) electrons. The van der Waals surface area contributed by atoms with E-state index >= 15 is 0 Å². The van der Waals surface area contributed by atoms with Crippen molar-refractivity contribution in [1.82, 2.24) is 10.1 Å². The van der Waals surface area contributed by atoms with Crippen LogP contribution in [0.25, 0.3) is 10.7 Å². The number of alkyl halides is 3. The Morgan fingerprint density at radius 2 is 2.07 bits per heavy atom. The molecule has 1 aromatic carbocycles. The van der Waals surface area contributed by atoms with E-state index in [0.717, 1.165) is 10.9 Å². The summed E-state index contributed by atoms with van der Waals surface area (Å²) in [6, 6.07) is 8.60. The van der Waals surface area contributed by atoms with Crippen molar-refractivity contribution in [2.75, 3.05) is 5.32 Å². The number of benzene rings is 1. The molecule has 0 aliphatic rings. The predicted octanol–water partition coefficient (Wildman–Crippen LogP) is 5.08. The van der Waals surface area contributed by atoms with Crippen LogP contribution < -0.4 is 5.32 Å². The molecule has 2 heterocycles. The number of carbonyl (C=O) groups is 1. The van der Waals surface area contributed by atoms with Gasteiger partial charge in [0.05, 0.1) is 27.1 Å². The second kappa shape index (κ2) is 8.13. The Kier molecular flexibility index (Phi) is 5.85. The van der Waals surface area contributed by atoms with E-state index in [-0.39, 0.29) is 11.4 Å². The molecule has 27 heavy (non-hydrogen) atoms. The van der Waals surface area contributed by atoms with Crippen LogP contribution in [0.1, 0.15) is 18.4 Å². The van der Waals surface area contributed by atoms with Gasteiger partial charge in [-0.15, -0.1) is 23.1 Å². The number of thioether (sulfide) groups is 1. The van der Waals surface area contributed by atoms with Gasteiger partial charge >= 0.3 is 6.18 Å². The fourth-order valence-electron chi connectivity index (χ4n) is 2.17. The Labute approximate surface area is 161 Å². The SMILES string of the molecule is CC(SCc1nc(-c2cccs2)no1)C(=O)Nc1ccccc1C(F)(F)F. The normalized spacial score (nSPS) is 12.7. The molecule has 5 nitrogen and oxygen atoms in total. The molecule has 0 fully saturated rings. The van der Waals surface area contributed by atoms with Gasteiger partial charge in [0, 0.05) is 0 Å². The van der Waals surface area contributed by atoms with Crippen LogP contribution in [0, 0.1) is 0 Å². The summed E-state index contributed by atoms with van der Waals surface area (Å²) >= 11 is 2.67. The zero-order chi connectivity index (χ0) is 19.4. The number of aromatic nitrogens is 2. The highest BCUT2D eigenvalue weighted by atomic mass is 32.2. The number of rotatable bonds is 6. The lowest BCUT2D eigenvalue weighted by atomic mass is 10.1. The molecule has 0 saturated heterocycles. The second-order valence-electron chi connectivity index (χ2n) is 5.47. The van der Waals surface area contributed by atoms with Gasteiger partial charge in [-0.2, -0.15) is 18.2 Å². The van der Waals surface area contributed by atoms with E-state index < -0.39 is 22.9 Å². The van der Waals surface area contributed by atoms with Crippen LogP contribution >= 0.6 is 23.1 Å². The third-order valence-corrected chi connectivity index (χ3v) is 5.52. The molecule has 3 aromatic rings. The molecule has 0 aliphatic carbocycles. The summed E-state index contributed by atoms with van der Waals surface area (Å²) in [6.45, 7) is 1.60. The molecule has 2 aromatic heterocycles. The fraction of sp³-hybridized carbons (Fsp3) is 0.235. The summed E-state index contributed by atoms with van der Waals surface area (Å²) in [5.41, 5.74) is -1.15. The smallest absolute Gasteiger partial charge is 0.338 e. The Bertz CT molecular complexity index is 910. The monoisotopic (exact) mass is 413 g/mol. The first-order valence-corrected chi connectivity index (χ1v) is 9.72. The minimum Gasteiger partial charge on any atom is -0.338 e. The average molecular weight is 413 g/mol. The minimum atomic E-state index is -4.54. The van der Waals surface area contributed by atoms with Crippen molar-refractivity contribution >= 4 is 34.7 Å². The number of thiophene rings is 1. The molecule has 1 N–H and O–H groups in total. The molecule has 0 aliphatic heterocycles. The molecular formula is C17H14F3N3O2S2. The lowest BCUT2D eigenvalue weighted by Gasteiger charge is -2.15. The summed E-state index contributed by atoms with van der Waals surface area (Å²) in [7, 11) is 0. The molecule has 0 bridgehead atoms. The van der Waals surface area contributed by atoms with Gasteiger partial charge in [0.15, 0.2) is 0 Å². The molecule has 10 heteroatoms. The minimum absolute atomic E-state index is 0.264. The van der Waals surface area contributed by atoms with E-state index in [9.17, 15) is 18.0 Å². The topological polar surface area (TPSA) is 68.0 Å². The molecule has 1 atom stereocenters. The third kappa shape index (κ3) is 4.89. The lowest BCUT2D eigenvalue weighted by Crippen LogP contribution is -2.24. The van der Waals surface area contributed by atoms with Gasteiger partial charge in [-0.3, -0.25) is 4.79 Å².